The van der Waals surface area contributed by atoms with Crippen molar-refractivity contribution in [2.24, 2.45) is 0 Å². The Morgan fingerprint density at radius 3 is 2.53 bits per heavy atom. The zero-order valence-electron chi connectivity index (χ0n) is 8.52. The van der Waals surface area contributed by atoms with Crippen LogP contribution >= 0.6 is 31.9 Å². The molecule has 0 aliphatic heterocycles. The number of halogens is 2. The number of carbonyl (C=O) groups excluding carboxylic acids is 1. The molecule has 1 rings (SSSR count). The lowest BCUT2D eigenvalue weighted by atomic mass is 10.0. The van der Waals surface area contributed by atoms with Crippen LogP contribution in [-0.2, 0) is 0 Å². The molecule has 0 N–H and O–H groups in total. The van der Waals surface area contributed by atoms with Gasteiger partial charge in [-0.1, -0.05) is 37.4 Å². The van der Waals surface area contributed by atoms with Crippen molar-refractivity contribution in [1.29, 1.82) is 0 Å². The Bertz CT molecular complexity index is 397. The fourth-order valence-corrected chi connectivity index (χ4v) is 2.45. The Balaban J connectivity index is 2.78. The molecule has 1 aromatic rings. The number of benzene rings is 1. The molecule has 0 heterocycles. The average molecular weight is 332 g/mol. The normalized spacial score (nSPS) is 10.1. The average Bonchev–Trinajstić information content (AvgIpc) is 2.14. The van der Waals surface area contributed by atoms with Crippen LogP contribution in [0.2, 0.25) is 0 Å². The van der Waals surface area contributed by atoms with Crippen LogP contribution in [0.15, 0.2) is 39.3 Å². The molecule has 0 amide bonds. The molecule has 0 atom stereocenters. The van der Waals surface area contributed by atoms with E-state index in [2.05, 4.69) is 38.4 Å². The molecular weight excluding hydrogens is 320 g/mol. The maximum Gasteiger partial charge on any atom is 0.164 e. The lowest BCUT2D eigenvalue weighted by Crippen LogP contribution is -2.00. The Morgan fingerprint density at radius 2 is 2.00 bits per heavy atom. The Labute approximate surface area is 107 Å². The van der Waals surface area contributed by atoms with Gasteiger partial charge in [0.2, 0.25) is 0 Å². The quantitative estimate of drug-likeness (QED) is 0.574. The van der Waals surface area contributed by atoms with Crippen LogP contribution in [0.4, 0.5) is 0 Å². The van der Waals surface area contributed by atoms with E-state index in [9.17, 15) is 4.79 Å². The van der Waals surface area contributed by atoms with Gasteiger partial charge >= 0.3 is 0 Å². The molecule has 0 aromatic heterocycles. The van der Waals surface area contributed by atoms with Gasteiger partial charge in [-0.05, 0) is 31.5 Å². The van der Waals surface area contributed by atoms with Gasteiger partial charge in [0.05, 0.1) is 0 Å². The predicted molar refractivity (Wildman–Crippen MR) is 70.2 cm³/mol. The molecule has 0 bridgehead atoms. The van der Waals surface area contributed by atoms with Crippen molar-refractivity contribution in [3.63, 3.8) is 0 Å². The zero-order valence-corrected chi connectivity index (χ0v) is 11.7. The largest absolute Gasteiger partial charge is 0.294 e. The Hall–Kier alpha value is -0.410. The first-order valence-corrected chi connectivity index (χ1v) is 6.22. The van der Waals surface area contributed by atoms with Crippen molar-refractivity contribution < 1.29 is 4.79 Å². The predicted octanol–water partition coefficient (Wildman–Crippen LogP) is 4.75. The van der Waals surface area contributed by atoms with Crippen LogP contribution < -0.4 is 0 Å². The van der Waals surface area contributed by atoms with Gasteiger partial charge < -0.3 is 0 Å². The van der Waals surface area contributed by atoms with E-state index in [0.29, 0.717) is 6.42 Å². The van der Waals surface area contributed by atoms with Crippen LogP contribution in [0.5, 0.6) is 0 Å². The van der Waals surface area contributed by atoms with E-state index in [1.54, 1.807) is 0 Å². The van der Waals surface area contributed by atoms with Gasteiger partial charge in [-0.15, -0.1) is 6.58 Å². The van der Waals surface area contributed by atoms with Gasteiger partial charge in [0.1, 0.15) is 0 Å². The van der Waals surface area contributed by atoms with E-state index in [1.807, 2.05) is 25.1 Å². The number of rotatable bonds is 4. The summed E-state index contributed by atoms with van der Waals surface area (Å²) in [4.78, 5) is 11.8. The molecule has 15 heavy (non-hydrogen) atoms. The molecule has 0 aliphatic carbocycles. The molecule has 80 valence electrons. The van der Waals surface area contributed by atoms with E-state index in [1.165, 1.54) is 0 Å². The van der Waals surface area contributed by atoms with Crippen molar-refractivity contribution >= 4 is 37.6 Å². The lowest BCUT2D eigenvalue weighted by Gasteiger charge is -2.04. The van der Waals surface area contributed by atoms with E-state index >= 15 is 0 Å². The number of Topliss-reactive ketones (excluding diaryl/α,β-unsaturated/α-hetero) is 1. The summed E-state index contributed by atoms with van der Waals surface area (Å²) in [7, 11) is 0. The smallest absolute Gasteiger partial charge is 0.164 e. The summed E-state index contributed by atoms with van der Waals surface area (Å²) in [6.07, 6.45) is 1.27. The second-order valence-corrected chi connectivity index (χ2v) is 5.27. The minimum atomic E-state index is 0.150. The van der Waals surface area contributed by atoms with Crippen molar-refractivity contribution in [3.05, 3.63) is 44.9 Å². The number of ketones is 1. The summed E-state index contributed by atoms with van der Waals surface area (Å²) in [5.41, 5.74) is 1.77. The highest BCUT2D eigenvalue weighted by Gasteiger charge is 2.09. The molecule has 0 fully saturated rings. The molecule has 0 saturated heterocycles. The standard InChI is InChI=1S/C12H12Br2O/c1-8(2)3-6-12(15)10-5-4-9(13)7-11(10)14/h4-5,7H,1,3,6H2,2H3. The van der Waals surface area contributed by atoms with Gasteiger partial charge in [0.25, 0.3) is 0 Å². The van der Waals surface area contributed by atoms with Gasteiger partial charge in [-0.25, -0.2) is 0 Å². The molecule has 3 heteroatoms. The Kier molecular flexibility index (Phi) is 4.74. The molecule has 1 aromatic carbocycles. The number of allylic oxidation sites excluding steroid dienone is 1. The maximum absolute atomic E-state index is 11.8. The van der Waals surface area contributed by atoms with E-state index < -0.39 is 0 Å². The first kappa shape index (κ1) is 12.7. The summed E-state index contributed by atoms with van der Waals surface area (Å²) >= 11 is 6.73. The SMILES string of the molecule is C=C(C)CCC(=O)c1ccc(Br)cc1Br. The molecule has 0 radical (unpaired) electrons. The highest BCUT2D eigenvalue weighted by Crippen LogP contribution is 2.23. The van der Waals surface area contributed by atoms with E-state index in [4.69, 9.17) is 0 Å². The fraction of sp³-hybridized carbons (Fsp3) is 0.250. The highest BCUT2D eigenvalue weighted by atomic mass is 79.9. The van der Waals surface area contributed by atoms with E-state index in [-0.39, 0.29) is 5.78 Å². The van der Waals surface area contributed by atoms with Gasteiger partial charge in [-0.2, -0.15) is 0 Å². The van der Waals surface area contributed by atoms with Crippen molar-refractivity contribution in [2.45, 2.75) is 19.8 Å². The summed E-state index contributed by atoms with van der Waals surface area (Å²) < 4.78 is 1.80. The number of hydrogen-bond donors (Lipinski definition) is 0. The molecule has 0 unspecified atom stereocenters. The van der Waals surface area contributed by atoms with Gasteiger partial charge in [-0.3, -0.25) is 4.79 Å². The fourth-order valence-electron chi connectivity index (χ4n) is 1.18. The van der Waals surface area contributed by atoms with Crippen LogP contribution in [-0.4, -0.2) is 5.78 Å². The molecule has 0 saturated carbocycles. The zero-order chi connectivity index (χ0) is 11.4. The van der Waals surface area contributed by atoms with Crippen LogP contribution in [0, 0.1) is 0 Å². The highest BCUT2D eigenvalue weighted by molar-refractivity contribution is 9.11. The summed E-state index contributed by atoms with van der Waals surface area (Å²) in [6.45, 7) is 5.72. The third kappa shape index (κ3) is 3.92. The van der Waals surface area contributed by atoms with Gasteiger partial charge in [0, 0.05) is 20.9 Å². The monoisotopic (exact) mass is 330 g/mol. The number of hydrogen-bond acceptors (Lipinski definition) is 1. The number of carbonyl (C=O) groups is 1. The van der Waals surface area contributed by atoms with Crippen molar-refractivity contribution in [1.82, 2.24) is 0 Å². The summed E-state index contributed by atoms with van der Waals surface area (Å²) in [5, 5.41) is 0. The Morgan fingerprint density at radius 1 is 1.33 bits per heavy atom. The summed E-state index contributed by atoms with van der Waals surface area (Å²) in [6, 6.07) is 5.59. The minimum Gasteiger partial charge on any atom is -0.294 e. The van der Waals surface area contributed by atoms with Crippen LogP contribution in [0.1, 0.15) is 30.1 Å². The molecule has 1 nitrogen and oxygen atoms in total. The van der Waals surface area contributed by atoms with Crippen LogP contribution in [0.25, 0.3) is 0 Å². The maximum atomic E-state index is 11.8. The second-order valence-electron chi connectivity index (χ2n) is 3.50. The third-order valence-electron chi connectivity index (χ3n) is 2.01. The van der Waals surface area contributed by atoms with Crippen molar-refractivity contribution in [2.75, 3.05) is 0 Å². The molecule has 0 aliphatic rings. The topological polar surface area (TPSA) is 17.1 Å². The van der Waals surface area contributed by atoms with Crippen LogP contribution in [0.3, 0.4) is 0 Å². The van der Waals surface area contributed by atoms with E-state index in [0.717, 1.165) is 26.5 Å². The molecular formula is C12H12Br2O. The molecule has 0 spiro atoms. The van der Waals surface area contributed by atoms with Gasteiger partial charge in [0.15, 0.2) is 5.78 Å². The third-order valence-corrected chi connectivity index (χ3v) is 3.16. The first-order valence-electron chi connectivity index (χ1n) is 4.63. The lowest BCUT2D eigenvalue weighted by molar-refractivity contribution is 0.0982. The minimum absolute atomic E-state index is 0.150. The van der Waals surface area contributed by atoms with Crippen molar-refractivity contribution in [3.8, 4) is 0 Å². The summed E-state index contributed by atoms with van der Waals surface area (Å²) in [5.74, 6) is 0.150. The second kappa shape index (κ2) is 5.61. The first-order chi connectivity index (χ1) is 7.00.